The molecular formula is C21H19BrN4O3. The molecule has 0 saturated carbocycles. The zero-order valence-corrected chi connectivity index (χ0v) is 17.9. The third-order valence-corrected chi connectivity index (χ3v) is 5.51. The molecule has 0 saturated heterocycles. The maximum absolute atomic E-state index is 13.3. The van der Waals surface area contributed by atoms with E-state index in [9.17, 15) is 9.59 Å². The minimum absolute atomic E-state index is 0.152. The summed E-state index contributed by atoms with van der Waals surface area (Å²) < 4.78 is 8.96. The van der Waals surface area contributed by atoms with Crippen molar-refractivity contribution >= 4 is 27.0 Å². The third-order valence-electron chi connectivity index (χ3n) is 4.98. The van der Waals surface area contributed by atoms with Crippen molar-refractivity contribution in [2.45, 2.75) is 20.4 Å². The van der Waals surface area contributed by atoms with Crippen molar-refractivity contribution < 1.29 is 4.74 Å². The van der Waals surface area contributed by atoms with E-state index in [0.29, 0.717) is 24.4 Å². The minimum Gasteiger partial charge on any atom is -0.383 e. The van der Waals surface area contributed by atoms with Gasteiger partial charge in [0.1, 0.15) is 0 Å². The van der Waals surface area contributed by atoms with E-state index in [1.807, 2.05) is 30.5 Å². The number of fused-ring (bicyclic) bond motifs is 2. The van der Waals surface area contributed by atoms with Gasteiger partial charge in [-0.05, 0) is 61.4 Å². The Morgan fingerprint density at radius 2 is 1.72 bits per heavy atom. The summed E-state index contributed by atoms with van der Waals surface area (Å²) in [5, 5.41) is 0. The van der Waals surface area contributed by atoms with Crippen LogP contribution in [0.5, 0.6) is 0 Å². The number of methoxy groups -OCH3 is 1. The maximum Gasteiger partial charge on any atom is 0.357 e. The van der Waals surface area contributed by atoms with Crippen molar-refractivity contribution in [2.24, 2.45) is 0 Å². The van der Waals surface area contributed by atoms with E-state index in [-0.39, 0.29) is 11.5 Å². The molecule has 4 rings (SSSR count). The molecule has 0 aromatic heterocycles. The average molecular weight is 455 g/mol. The number of aryl methyl sites for hydroxylation is 2. The van der Waals surface area contributed by atoms with Crippen LogP contribution in [0.2, 0.25) is 0 Å². The minimum atomic E-state index is -0.638. The average Bonchev–Trinajstić information content (AvgIpc) is 2.69. The molecule has 2 aromatic carbocycles. The maximum atomic E-state index is 13.3. The summed E-state index contributed by atoms with van der Waals surface area (Å²) >= 11 is 3.36. The summed E-state index contributed by atoms with van der Waals surface area (Å²) in [6.45, 7) is 4.87. The van der Waals surface area contributed by atoms with E-state index in [2.05, 4.69) is 25.9 Å². The monoisotopic (exact) mass is 454 g/mol. The van der Waals surface area contributed by atoms with Crippen molar-refractivity contribution in [3.05, 3.63) is 72.8 Å². The van der Waals surface area contributed by atoms with Gasteiger partial charge in [0.05, 0.1) is 23.3 Å². The second-order valence-electron chi connectivity index (χ2n) is 6.86. The Balaban J connectivity index is 2.10. The molecule has 148 valence electrons. The molecule has 0 radical (unpaired) electrons. The molecule has 8 heteroatoms. The molecule has 7 nitrogen and oxygen atoms in total. The van der Waals surface area contributed by atoms with E-state index < -0.39 is 11.2 Å². The Morgan fingerprint density at radius 3 is 2.41 bits per heavy atom. The van der Waals surface area contributed by atoms with E-state index in [1.54, 1.807) is 31.4 Å². The first-order valence-electron chi connectivity index (χ1n) is 9.10. The number of nitrogens with zero attached hydrogens (tertiary/aromatic N) is 4. The highest BCUT2D eigenvalue weighted by atomic mass is 79.9. The lowest BCUT2D eigenvalue weighted by atomic mass is 10.1. The Labute approximate surface area is 175 Å². The standard InChI is InChI=1S/C21H19BrN4O3/c1-12-10-16-17(11-13(12)2)25(8-9-29-3)19-18(23-16)20(27)26(21(28)24-19)15-6-4-14(22)5-7-15/h4-7,10-11H,8-9H2,1-3H3. The number of hydrogen-bond donors (Lipinski definition) is 0. The van der Waals surface area contributed by atoms with Crippen molar-refractivity contribution in [1.82, 2.24) is 19.1 Å². The van der Waals surface area contributed by atoms with Crippen LogP contribution in [0, 0.1) is 13.8 Å². The lowest BCUT2D eigenvalue weighted by molar-refractivity contribution is 0.188. The lowest BCUT2D eigenvalue weighted by Gasteiger charge is -2.18. The molecule has 2 aliphatic rings. The Bertz CT molecular complexity index is 1310. The molecular weight excluding hydrogens is 436 g/mol. The van der Waals surface area contributed by atoms with Crippen LogP contribution in [-0.2, 0) is 11.3 Å². The van der Waals surface area contributed by atoms with Gasteiger partial charge in [0.2, 0.25) is 0 Å². The molecule has 0 aliphatic carbocycles. The van der Waals surface area contributed by atoms with Gasteiger partial charge < -0.3 is 9.30 Å². The SMILES string of the molecule is COCCn1c2nc(=O)n(-c3ccc(Br)cc3)c(=O)c-2nc2cc(C)c(C)cc21. The highest BCUT2D eigenvalue weighted by Gasteiger charge is 2.22. The number of halogens is 1. The number of ether oxygens (including phenoxy) is 1. The summed E-state index contributed by atoms with van der Waals surface area (Å²) in [5.41, 5.74) is 3.12. The first-order valence-corrected chi connectivity index (χ1v) is 9.89. The van der Waals surface area contributed by atoms with Crippen LogP contribution >= 0.6 is 15.9 Å². The van der Waals surface area contributed by atoms with Crippen LogP contribution < -0.4 is 11.2 Å². The lowest BCUT2D eigenvalue weighted by Crippen LogP contribution is -2.37. The van der Waals surface area contributed by atoms with Crippen LogP contribution in [0.4, 0.5) is 0 Å². The second-order valence-corrected chi connectivity index (χ2v) is 7.78. The fourth-order valence-corrected chi connectivity index (χ4v) is 3.59. The second kappa shape index (κ2) is 7.53. The molecule has 2 aromatic rings. The summed E-state index contributed by atoms with van der Waals surface area (Å²) in [7, 11) is 1.61. The van der Waals surface area contributed by atoms with Gasteiger partial charge in [-0.2, -0.15) is 4.98 Å². The quantitative estimate of drug-likeness (QED) is 0.442. The van der Waals surface area contributed by atoms with E-state index >= 15 is 0 Å². The molecule has 0 spiro atoms. The molecule has 0 bridgehead atoms. The molecule has 0 N–H and O–H groups in total. The van der Waals surface area contributed by atoms with Gasteiger partial charge in [0, 0.05) is 18.1 Å². The highest BCUT2D eigenvalue weighted by molar-refractivity contribution is 9.10. The molecule has 2 aliphatic heterocycles. The molecule has 0 fully saturated rings. The third kappa shape index (κ3) is 3.38. The van der Waals surface area contributed by atoms with Crippen molar-refractivity contribution in [2.75, 3.05) is 13.7 Å². The van der Waals surface area contributed by atoms with E-state index in [1.165, 1.54) is 0 Å². The number of rotatable bonds is 4. The highest BCUT2D eigenvalue weighted by Crippen LogP contribution is 2.24. The fourth-order valence-electron chi connectivity index (χ4n) is 3.32. The van der Waals surface area contributed by atoms with Crippen molar-refractivity contribution in [3.8, 4) is 17.2 Å². The topological polar surface area (TPSA) is 79.0 Å². The molecule has 0 amide bonds. The first-order chi connectivity index (χ1) is 13.9. The first kappa shape index (κ1) is 19.5. The number of benzene rings is 2. The molecule has 29 heavy (non-hydrogen) atoms. The van der Waals surface area contributed by atoms with Crippen LogP contribution in [0.3, 0.4) is 0 Å². The van der Waals surface area contributed by atoms with Crippen LogP contribution in [0.1, 0.15) is 11.1 Å². The van der Waals surface area contributed by atoms with Gasteiger partial charge in [-0.15, -0.1) is 0 Å². The smallest absolute Gasteiger partial charge is 0.357 e. The van der Waals surface area contributed by atoms with Gasteiger partial charge in [-0.25, -0.2) is 14.3 Å². The summed E-state index contributed by atoms with van der Waals surface area (Å²) in [4.78, 5) is 34.9. The largest absolute Gasteiger partial charge is 0.383 e. The predicted octanol–water partition coefficient (Wildman–Crippen LogP) is 3.07. The summed E-state index contributed by atoms with van der Waals surface area (Å²) in [6, 6.07) is 10.9. The van der Waals surface area contributed by atoms with Crippen molar-refractivity contribution in [1.29, 1.82) is 0 Å². The summed E-state index contributed by atoms with van der Waals surface area (Å²) in [5.74, 6) is 0.265. The molecule has 2 heterocycles. The van der Waals surface area contributed by atoms with E-state index in [0.717, 1.165) is 25.7 Å². The predicted molar refractivity (Wildman–Crippen MR) is 115 cm³/mol. The van der Waals surface area contributed by atoms with Gasteiger partial charge in [0.15, 0.2) is 11.5 Å². The number of aromatic nitrogens is 4. The zero-order valence-electron chi connectivity index (χ0n) is 16.3. The molecule has 0 unspecified atom stereocenters. The van der Waals surface area contributed by atoms with Gasteiger partial charge in [-0.1, -0.05) is 15.9 Å². The Morgan fingerprint density at radius 1 is 1.03 bits per heavy atom. The van der Waals surface area contributed by atoms with Gasteiger partial charge in [0.25, 0.3) is 5.56 Å². The van der Waals surface area contributed by atoms with Crippen LogP contribution in [0.25, 0.3) is 28.2 Å². The summed E-state index contributed by atoms with van der Waals surface area (Å²) in [6.07, 6.45) is 0. The van der Waals surface area contributed by atoms with Gasteiger partial charge >= 0.3 is 5.69 Å². The van der Waals surface area contributed by atoms with E-state index in [4.69, 9.17) is 4.74 Å². The van der Waals surface area contributed by atoms with Crippen molar-refractivity contribution in [3.63, 3.8) is 0 Å². The molecule has 0 atom stereocenters. The van der Waals surface area contributed by atoms with Crippen LogP contribution in [0.15, 0.2) is 50.5 Å². The zero-order chi connectivity index (χ0) is 20.7. The Kier molecular flexibility index (Phi) is 5.06. The van der Waals surface area contributed by atoms with Crippen LogP contribution in [-0.4, -0.2) is 32.8 Å². The normalized spacial score (nSPS) is 11.4. The van der Waals surface area contributed by atoms with Gasteiger partial charge in [-0.3, -0.25) is 4.79 Å². The Hall–Kier alpha value is -2.84. The fraction of sp³-hybridized carbons (Fsp3) is 0.238. The number of hydrogen-bond acceptors (Lipinski definition) is 5.